The van der Waals surface area contributed by atoms with Crippen LogP contribution in [-0.2, 0) is 16.6 Å². The number of imidazole rings is 1. The number of ether oxygens (including phenoxy) is 1. The third-order valence-electron chi connectivity index (χ3n) is 10.1. The summed E-state index contributed by atoms with van der Waals surface area (Å²) >= 11 is 6.60. The molecule has 13 nitrogen and oxygen atoms in total. The summed E-state index contributed by atoms with van der Waals surface area (Å²) < 4.78 is 6.93. The minimum absolute atomic E-state index is 0.0871. The maximum atomic E-state index is 13.4. The van der Waals surface area contributed by atoms with Crippen LogP contribution in [0.15, 0.2) is 54.4 Å². The van der Waals surface area contributed by atoms with Crippen molar-refractivity contribution in [3.8, 4) is 11.3 Å². The number of aliphatic hydroxyl groups excluding tert-OH is 1. The van der Waals surface area contributed by atoms with Gasteiger partial charge in [0.25, 0.3) is 11.8 Å². The van der Waals surface area contributed by atoms with Gasteiger partial charge in [-0.3, -0.25) is 14.4 Å². The molecule has 0 spiro atoms. The van der Waals surface area contributed by atoms with Crippen LogP contribution in [0.2, 0.25) is 5.02 Å². The number of nitrogens with one attached hydrogen (secondary N) is 2. The summed E-state index contributed by atoms with van der Waals surface area (Å²) in [5.74, 6) is -0.453. The number of carbonyl (C=O) groups is 3. The molecule has 0 aliphatic carbocycles. The van der Waals surface area contributed by atoms with Crippen LogP contribution in [0.1, 0.15) is 60.2 Å². The number of piperazine rings is 1. The molecule has 54 heavy (non-hydrogen) atoms. The highest BCUT2D eigenvalue weighted by molar-refractivity contribution is 6.34. The molecule has 1 unspecified atom stereocenters. The Morgan fingerprint density at radius 2 is 1.69 bits per heavy atom. The van der Waals surface area contributed by atoms with Gasteiger partial charge in [-0.2, -0.15) is 0 Å². The van der Waals surface area contributed by atoms with E-state index in [4.69, 9.17) is 26.9 Å². The van der Waals surface area contributed by atoms with Gasteiger partial charge in [0.2, 0.25) is 5.91 Å². The van der Waals surface area contributed by atoms with Crippen LogP contribution in [-0.4, -0.2) is 138 Å². The number of hydrogen-bond acceptors (Lipinski definition) is 9. The number of carbonyl (C=O) groups excluding carboxylic acids is 3. The molecule has 3 aromatic rings. The van der Waals surface area contributed by atoms with Gasteiger partial charge in [0.05, 0.1) is 35.7 Å². The molecule has 0 bridgehead atoms. The average molecular weight is 763 g/mol. The standard InChI is InChI=1S/C40H55ClN8O5/c1-8-29(15-16-45(4)21-23-50)39(52)48-17-19-49(20-18-48)40(53)33-14-13-32(25-34(33)41)44-38(51)37-43-26-35(47(37)6)30-9-11-31(12-10-30)36(27(2)42)28(3)46(5)22-24-54-7/h9-14,25-26,29,42,50H,8,15-24H2,1-7H3,(H,44,51)/b36-28+,42-27?. The molecule has 1 aliphatic heterocycles. The highest BCUT2D eigenvalue weighted by atomic mass is 35.5. The number of amides is 3. The molecule has 2 aromatic carbocycles. The molecular weight excluding hydrogens is 708 g/mol. The minimum Gasteiger partial charge on any atom is -0.395 e. The van der Waals surface area contributed by atoms with Crippen LogP contribution < -0.4 is 5.32 Å². The molecule has 1 fully saturated rings. The van der Waals surface area contributed by atoms with Gasteiger partial charge in [-0.15, -0.1) is 0 Å². The van der Waals surface area contributed by atoms with E-state index in [9.17, 15) is 14.4 Å². The van der Waals surface area contributed by atoms with Crippen molar-refractivity contribution in [2.24, 2.45) is 13.0 Å². The predicted molar refractivity (Wildman–Crippen MR) is 214 cm³/mol. The highest BCUT2D eigenvalue weighted by Gasteiger charge is 2.29. The van der Waals surface area contributed by atoms with Gasteiger partial charge in [0.1, 0.15) is 0 Å². The van der Waals surface area contributed by atoms with Crippen LogP contribution in [0.5, 0.6) is 0 Å². The van der Waals surface area contributed by atoms with Crippen LogP contribution in [0.3, 0.4) is 0 Å². The Labute approximate surface area is 324 Å². The Hall–Kier alpha value is -4.56. The summed E-state index contributed by atoms with van der Waals surface area (Å²) in [4.78, 5) is 52.0. The largest absolute Gasteiger partial charge is 0.395 e. The van der Waals surface area contributed by atoms with Gasteiger partial charge in [0.15, 0.2) is 5.82 Å². The molecule has 3 N–H and O–H groups in total. The van der Waals surface area contributed by atoms with Gasteiger partial charge in [-0.25, -0.2) is 4.98 Å². The summed E-state index contributed by atoms with van der Waals surface area (Å²) in [6.07, 6.45) is 3.10. The number of rotatable bonds is 17. The molecule has 1 saturated heterocycles. The lowest BCUT2D eigenvalue weighted by atomic mass is 9.97. The summed E-state index contributed by atoms with van der Waals surface area (Å²) in [6.45, 7) is 10.2. The van der Waals surface area contributed by atoms with Gasteiger partial charge >= 0.3 is 0 Å². The summed E-state index contributed by atoms with van der Waals surface area (Å²) in [5, 5.41) is 20.6. The molecule has 1 aromatic heterocycles. The van der Waals surface area contributed by atoms with E-state index in [0.29, 0.717) is 62.8 Å². The van der Waals surface area contributed by atoms with Crippen molar-refractivity contribution < 1.29 is 24.2 Å². The second-order valence-electron chi connectivity index (χ2n) is 13.8. The first-order valence-electron chi connectivity index (χ1n) is 18.4. The molecule has 1 aliphatic rings. The first kappa shape index (κ1) is 42.2. The predicted octanol–water partition coefficient (Wildman–Crippen LogP) is 4.97. The molecule has 0 saturated carbocycles. The lowest BCUT2D eigenvalue weighted by molar-refractivity contribution is -0.137. The Kier molecular flexibility index (Phi) is 15.4. The van der Waals surface area contributed by atoms with Gasteiger partial charge in [-0.05, 0) is 69.6 Å². The molecule has 4 rings (SSSR count). The smallest absolute Gasteiger partial charge is 0.291 e. The van der Waals surface area contributed by atoms with E-state index in [1.165, 1.54) is 0 Å². The van der Waals surface area contributed by atoms with Gasteiger partial charge in [0, 0.05) is 89.1 Å². The first-order chi connectivity index (χ1) is 25.8. The van der Waals surface area contributed by atoms with Crippen LogP contribution in [0.4, 0.5) is 5.69 Å². The summed E-state index contributed by atoms with van der Waals surface area (Å²) in [7, 11) is 7.36. The Morgan fingerprint density at radius 3 is 2.28 bits per heavy atom. The van der Waals surface area contributed by atoms with E-state index >= 15 is 0 Å². The zero-order valence-electron chi connectivity index (χ0n) is 32.6. The van der Waals surface area contributed by atoms with E-state index in [2.05, 4.69) is 15.2 Å². The monoisotopic (exact) mass is 762 g/mol. The summed E-state index contributed by atoms with van der Waals surface area (Å²) in [5.41, 5.74) is 5.56. The Morgan fingerprint density at radius 1 is 1.02 bits per heavy atom. The van der Waals surface area contributed by atoms with Crippen molar-refractivity contribution in [2.45, 2.75) is 33.6 Å². The van der Waals surface area contributed by atoms with Crippen molar-refractivity contribution in [3.05, 3.63) is 76.3 Å². The molecule has 0 radical (unpaired) electrons. The number of halogens is 1. The quantitative estimate of drug-likeness (QED) is 0.164. The van der Waals surface area contributed by atoms with Gasteiger partial charge in [-0.1, -0.05) is 42.8 Å². The van der Waals surface area contributed by atoms with E-state index in [1.54, 1.807) is 54.9 Å². The lowest BCUT2D eigenvalue weighted by Crippen LogP contribution is -2.52. The molecular formula is C40H55ClN8O5. The topological polar surface area (TPSA) is 147 Å². The van der Waals surface area contributed by atoms with Crippen LogP contribution >= 0.6 is 11.6 Å². The summed E-state index contributed by atoms with van der Waals surface area (Å²) in [6, 6.07) is 12.7. The third-order valence-corrected chi connectivity index (χ3v) is 10.4. The van der Waals surface area contributed by atoms with Crippen molar-refractivity contribution in [3.63, 3.8) is 0 Å². The molecule has 2 heterocycles. The van der Waals surface area contributed by atoms with Crippen LogP contribution in [0, 0.1) is 11.3 Å². The minimum atomic E-state index is -0.430. The highest BCUT2D eigenvalue weighted by Crippen LogP contribution is 2.28. The number of nitrogens with zero attached hydrogens (tertiary/aromatic N) is 6. The lowest BCUT2D eigenvalue weighted by Gasteiger charge is -2.36. The molecule has 1 atom stereocenters. The van der Waals surface area contributed by atoms with E-state index in [0.717, 1.165) is 47.5 Å². The van der Waals surface area contributed by atoms with E-state index in [1.807, 2.05) is 62.0 Å². The fraction of sp³-hybridized carbons (Fsp3) is 0.475. The zero-order valence-corrected chi connectivity index (χ0v) is 33.4. The number of likely N-dealkylation sites (N-methyl/N-ethyl adjacent to an activating group) is 2. The van der Waals surface area contributed by atoms with Crippen molar-refractivity contribution in [1.29, 1.82) is 5.41 Å². The number of allylic oxidation sites excluding steroid dienone is 2. The van der Waals surface area contributed by atoms with Crippen molar-refractivity contribution in [2.75, 3.05) is 85.5 Å². The molecule has 292 valence electrons. The van der Waals surface area contributed by atoms with Crippen molar-refractivity contribution in [1.82, 2.24) is 29.2 Å². The number of anilines is 1. The Balaban J connectivity index is 1.37. The fourth-order valence-corrected chi connectivity index (χ4v) is 6.91. The van der Waals surface area contributed by atoms with Crippen molar-refractivity contribution >= 4 is 46.3 Å². The van der Waals surface area contributed by atoms with E-state index in [-0.39, 0.29) is 35.2 Å². The van der Waals surface area contributed by atoms with Crippen LogP contribution in [0.25, 0.3) is 16.8 Å². The Bertz CT molecular complexity index is 1820. The SMILES string of the molecule is CCC(CCN(C)CCO)C(=O)N1CCN(C(=O)c2ccc(NC(=O)c3ncc(-c4ccc(/C(C(C)=N)=C(\C)N(C)CCOC)cc4)n3C)cc2Cl)CC1. The first-order valence-corrected chi connectivity index (χ1v) is 18.8. The third kappa shape index (κ3) is 10.3. The average Bonchev–Trinajstić information content (AvgIpc) is 3.55. The number of methoxy groups -OCH3 is 1. The number of hydrogen-bond donors (Lipinski definition) is 3. The number of benzene rings is 2. The molecule has 14 heteroatoms. The number of aromatic nitrogens is 2. The number of aliphatic hydroxyl groups is 1. The second kappa shape index (κ2) is 19.7. The zero-order chi connectivity index (χ0) is 39.5. The second-order valence-corrected chi connectivity index (χ2v) is 14.2. The van der Waals surface area contributed by atoms with Gasteiger partial charge < -0.3 is 44.7 Å². The normalized spacial score (nSPS) is 14.2. The maximum Gasteiger partial charge on any atom is 0.291 e. The fourth-order valence-electron chi connectivity index (χ4n) is 6.65. The molecule has 3 amide bonds. The van der Waals surface area contributed by atoms with E-state index < -0.39 is 5.91 Å². The maximum absolute atomic E-state index is 13.4.